The minimum atomic E-state index is -0.912. The Morgan fingerprint density at radius 1 is 1.16 bits per heavy atom. The van der Waals surface area contributed by atoms with Crippen LogP contribution in [0.1, 0.15) is 10.6 Å². The summed E-state index contributed by atoms with van der Waals surface area (Å²) in [5, 5.41) is 23.8. The maximum atomic E-state index is 13.1. The average molecular weight is 545 g/mol. The number of hydrogen-bond donors (Lipinski definition) is 3. The standard InChI is InChI=1S/C23H24N6O8S/c1-33-14-4-3-5-15(34-2)18(14)13-12-16(37-21(32)19(13)36-11-10-35-9-8-30)20(31)26-22-27-28-23(38-22)29-17(24)6-7-25-29/h3-7,12,30H,8-11,24H2,1-2H3,(H,26,27,31). The number of anilines is 2. The van der Waals surface area contributed by atoms with Gasteiger partial charge in [0.05, 0.1) is 45.8 Å². The molecule has 0 saturated heterocycles. The molecule has 14 nitrogen and oxygen atoms in total. The molecule has 4 rings (SSSR count). The van der Waals surface area contributed by atoms with Gasteiger partial charge in [0.2, 0.25) is 16.0 Å². The molecule has 1 amide bonds. The van der Waals surface area contributed by atoms with E-state index in [1.54, 1.807) is 24.3 Å². The van der Waals surface area contributed by atoms with E-state index < -0.39 is 11.5 Å². The van der Waals surface area contributed by atoms with Gasteiger partial charge in [0.25, 0.3) is 5.91 Å². The second-order valence-electron chi connectivity index (χ2n) is 7.37. The van der Waals surface area contributed by atoms with Gasteiger partial charge in [-0.15, -0.1) is 10.2 Å². The van der Waals surface area contributed by atoms with Crippen LogP contribution in [-0.4, -0.2) is 71.6 Å². The van der Waals surface area contributed by atoms with E-state index in [2.05, 4.69) is 20.6 Å². The van der Waals surface area contributed by atoms with Crippen molar-refractivity contribution in [1.82, 2.24) is 20.0 Å². The Balaban J connectivity index is 1.69. The maximum Gasteiger partial charge on any atom is 0.379 e. The molecular formula is C23H24N6O8S. The number of aliphatic hydroxyl groups excluding tert-OH is 1. The number of nitrogens with one attached hydrogen (secondary N) is 1. The highest BCUT2D eigenvalue weighted by atomic mass is 32.1. The van der Waals surface area contributed by atoms with E-state index in [1.807, 2.05) is 0 Å². The van der Waals surface area contributed by atoms with Gasteiger partial charge in [-0.2, -0.15) is 9.78 Å². The van der Waals surface area contributed by atoms with Crippen LogP contribution in [0, 0.1) is 0 Å². The summed E-state index contributed by atoms with van der Waals surface area (Å²) in [6.45, 7) is 0.0431. The highest BCUT2D eigenvalue weighted by molar-refractivity contribution is 7.17. The minimum Gasteiger partial charge on any atom is -0.496 e. The molecule has 0 fully saturated rings. The zero-order valence-electron chi connectivity index (χ0n) is 20.4. The molecule has 0 saturated carbocycles. The number of rotatable bonds is 12. The highest BCUT2D eigenvalue weighted by Crippen LogP contribution is 2.42. The largest absolute Gasteiger partial charge is 0.496 e. The molecule has 0 radical (unpaired) electrons. The highest BCUT2D eigenvalue weighted by Gasteiger charge is 2.25. The molecule has 15 heteroatoms. The van der Waals surface area contributed by atoms with Crippen molar-refractivity contribution >= 4 is 28.2 Å². The van der Waals surface area contributed by atoms with Gasteiger partial charge in [-0.3, -0.25) is 10.1 Å². The number of benzene rings is 1. The second-order valence-corrected chi connectivity index (χ2v) is 8.33. The van der Waals surface area contributed by atoms with Crippen LogP contribution in [0.15, 0.2) is 45.7 Å². The van der Waals surface area contributed by atoms with Gasteiger partial charge in [-0.25, -0.2) is 4.79 Å². The Hall–Kier alpha value is -4.47. The Morgan fingerprint density at radius 3 is 2.58 bits per heavy atom. The lowest BCUT2D eigenvalue weighted by Gasteiger charge is -2.16. The van der Waals surface area contributed by atoms with Crippen molar-refractivity contribution in [2.75, 3.05) is 51.7 Å². The van der Waals surface area contributed by atoms with Crippen LogP contribution in [0.5, 0.6) is 17.2 Å². The summed E-state index contributed by atoms with van der Waals surface area (Å²) in [7, 11) is 2.92. The molecule has 4 aromatic rings. The van der Waals surface area contributed by atoms with Crippen LogP contribution >= 0.6 is 11.3 Å². The topological polar surface area (TPSA) is 186 Å². The number of nitrogen functional groups attached to an aromatic ring is 1. The number of nitrogens with two attached hydrogens (primary N) is 1. The molecule has 1 aromatic carbocycles. The quantitative estimate of drug-likeness (QED) is 0.219. The lowest BCUT2D eigenvalue weighted by Crippen LogP contribution is -2.18. The summed E-state index contributed by atoms with van der Waals surface area (Å²) in [6.07, 6.45) is 1.50. The molecule has 3 heterocycles. The zero-order valence-corrected chi connectivity index (χ0v) is 21.2. The van der Waals surface area contributed by atoms with E-state index in [0.717, 1.165) is 11.3 Å². The number of nitrogens with zero attached hydrogens (tertiary/aromatic N) is 4. The first kappa shape index (κ1) is 26.6. The third kappa shape index (κ3) is 5.74. The molecule has 0 bridgehead atoms. The second kappa shape index (κ2) is 12.2. The molecule has 0 unspecified atom stereocenters. The van der Waals surface area contributed by atoms with E-state index in [1.165, 1.54) is 31.2 Å². The normalized spacial score (nSPS) is 10.8. The first-order chi connectivity index (χ1) is 18.5. The van der Waals surface area contributed by atoms with E-state index in [0.29, 0.717) is 28.0 Å². The first-order valence-corrected chi connectivity index (χ1v) is 11.9. The molecule has 0 atom stereocenters. The van der Waals surface area contributed by atoms with E-state index in [9.17, 15) is 9.59 Å². The molecule has 0 aliphatic carbocycles. The van der Waals surface area contributed by atoms with Crippen LogP contribution in [0.25, 0.3) is 16.3 Å². The number of ether oxygens (including phenoxy) is 4. The molecule has 38 heavy (non-hydrogen) atoms. The summed E-state index contributed by atoms with van der Waals surface area (Å²) < 4.78 is 28.5. The molecule has 0 aliphatic heterocycles. The molecule has 0 aliphatic rings. The third-order valence-corrected chi connectivity index (χ3v) is 5.84. The fraction of sp³-hybridized carbons (Fsp3) is 0.261. The third-order valence-electron chi connectivity index (χ3n) is 5.03. The Bertz CT molecular complexity index is 1440. The van der Waals surface area contributed by atoms with Gasteiger partial charge in [0, 0.05) is 11.6 Å². The van der Waals surface area contributed by atoms with E-state index in [-0.39, 0.29) is 48.6 Å². The number of hydrogen-bond acceptors (Lipinski definition) is 13. The zero-order chi connectivity index (χ0) is 27.1. The van der Waals surface area contributed by atoms with Crippen molar-refractivity contribution in [3.05, 3.63) is 52.7 Å². The van der Waals surface area contributed by atoms with Crippen LogP contribution in [0.3, 0.4) is 0 Å². The minimum absolute atomic E-state index is 0.0229. The van der Waals surface area contributed by atoms with Crippen molar-refractivity contribution in [3.8, 4) is 33.5 Å². The summed E-state index contributed by atoms with van der Waals surface area (Å²) >= 11 is 1.02. The predicted molar refractivity (Wildman–Crippen MR) is 136 cm³/mol. The monoisotopic (exact) mass is 544 g/mol. The number of amides is 1. The van der Waals surface area contributed by atoms with E-state index in [4.69, 9.17) is 34.2 Å². The smallest absolute Gasteiger partial charge is 0.379 e. The number of carbonyl (C=O) groups is 1. The van der Waals surface area contributed by atoms with Crippen LogP contribution < -0.4 is 30.9 Å². The number of aromatic nitrogens is 4. The first-order valence-electron chi connectivity index (χ1n) is 11.1. The van der Waals surface area contributed by atoms with Gasteiger partial charge in [-0.05, 0) is 18.2 Å². The van der Waals surface area contributed by atoms with Crippen LogP contribution in [0.4, 0.5) is 10.9 Å². The summed E-state index contributed by atoms with van der Waals surface area (Å²) in [4.78, 5) is 26.1. The molecule has 4 N–H and O–H groups in total. The number of aliphatic hydroxyl groups is 1. The van der Waals surface area contributed by atoms with Crippen molar-refractivity contribution in [2.24, 2.45) is 0 Å². The SMILES string of the molecule is COc1cccc(OC)c1-c1cc(C(=O)Nc2nnc(-n3nccc3N)s2)oc(=O)c1OCCOCCO. The van der Waals surface area contributed by atoms with Crippen molar-refractivity contribution in [2.45, 2.75) is 0 Å². The summed E-state index contributed by atoms with van der Waals surface area (Å²) in [5.74, 6) is -0.174. The van der Waals surface area contributed by atoms with Crippen molar-refractivity contribution in [1.29, 1.82) is 0 Å². The summed E-state index contributed by atoms with van der Waals surface area (Å²) in [5.41, 5.74) is 5.49. The van der Waals surface area contributed by atoms with Crippen LogP contribution in [-0.2, 0) is 4.74 Å². The van der Waals surface area contributed by atoms with Crippen LogP contribution in [0.2, 0.25) is 0 Å². The van der Waals surface area contributed by atoms with Gasteiger partial charge in [0.15, 0.2) is 5.76 Å². The van der Waals surface area contributed by atoms with Gasteiger partial charge < -0.3 is 34.2 Å². The maximum absolute atomic E-state index is 13.1. The Labute approximate surface area is 219 Å². The van der Waals surface area contributed by atoms with Gasteiger partial charge in [-0.1, -0.05) is 17.4 Å². The number of methoxy groups -OCH3 is 2. The van der Waals surface area contributed by atoms with Gasteiger partial charge in [0.1, 0.15) is 23.9 Å². The molecular weight excluding hydrogens is 520 g/mol. The average Bonchev–Trinajstić information content (AvgIpc) is 3.56. The molecule has 3 aromatic heterocycles. The fourth-order valence-electron chi connectivity index (χ4n) is 3.39. The van der Waals surface area contributed by atoms with E-state index >= 15 is 0 Å². The van der Waals surface area contributed by atoms with Crippen molar-refractivity contribution < 1.29 is 33.3 Å². The number of carbonyl (C=O) groups excluding carboxylic acids is 1. The Kier molecular flexibility index (Phi) is 8.52. The van der Waals surface area contributed by atoms with Crippen molar-refractivity contribution in [3.63, 3.8) is 0 Å². The Morgan fingerprint density at radius 2 is 1.92 bits per heavy atom. The predicted octanol–water partition coefficient (Wildman–Crippen LogP) is 1.58. The molecule has 0 spiro atoms. The van der Waals surface area contributed by atoms with Gasteiger partial charge >= 0.3 is 5.63 Å². The summed E-state index contributed by atoms with van der Waals surface area (Å²) in [6, 6.07) is 7.98. The lowest BCUT2D eigenvalue weighted by atomic mass is 10.0. The lowest BCUT2D eigenvalue weighted by molar-refractivity contribution is 0.0696. The molecule has 200 valence electrons. The fourth-order valence-corrected chi connectivity index (χ4v) is 4.11.